The minimum Gasteiger partial charge on any atom is -0.370 e. The number of rotatable bonds is 2. The van der Waals surface area contributed by atoms with Gasteiger partial charge in [-0.15, -0.1) is 0 Å². The third-order valence-electron chi connectivity index (χ3n) is 0.962. The van der Waals surface area contributed by atoms with Crippen LogP contribution in [0, 0.1) is 6.07 Å². The minimum atomic E-state index is -0.352. The smallest absolute Gasteiger partial charge is 0.346 e. The van der Waals surface area contributed by atoms with Gasteiger partial charge in [0.2, 0.25) is 0 Å². The summed E-state index contributed by atoms with van der Waals surface area (Å²) in [6.45, 7) is 2.67. The molecule has 0 saturated carbocycles. The maximum atomic E-state index is 10.5. The predicted molar refractivity (Wildman–Crippen MR) is 37.9 cm³/mol. The van der Waals surface area contributed by atoms with Crippen LogP contribution in [0.2, 0.25) is 0 Å². The van der Waals surface area contributed by atoms with Gasteiger partial charge in [0.25, 0.3) is 0 Å². The molecule has 0 fully saturated rings. The van der Waals surface area contributed by atoms with Crippen molar-refractivity contribution in [2.75, 3.05) is 11.9 Å². The second-order valence-electron chi connectivity index (χ2n) is 1.73. The second-order valence-corrected chi connectivity index (χ2v) is 1.73. The monoisotopic (exact) mass is 138 g/mol. The van der Waals surface area contributed by atoms with Crippen LogP contribution in [-0.4, -0.2) is 16.5 Å². The molecule has 0 saturated heterocycles. The molecule has 0 bridgehead atoms. The van der Waals surface area contributed by atoms with Gasteiger partial charge < -0.3 is 10.3 Å². The zero-order valence-corrected chi connectivity index (χ0v) is 5.64. The van der Waals surface area contributed by atoms with E-state index in [-0.39, 0.29) is 5.69 Å². The Morgan fingerprint density at radius 3 is 3.30 bits per heavy atom. The zero-order valence-electron chi connectivity index (χ0n) is 5.64. The molecule has 1 rings (SSSR count). The fourth-order valence-electron chi connectivity index (χ4n) is 0.590. The van der Waals surface area contributed by atoms with Crippen molar-refractivity contribution in [1.82, 2.24) is 9.97 Å². The lowest BCUT2D eigenvalue weighted by Crippen LogP contribution is -2.12. The predicted octanol–water partition coefficient (Wildman–Crippen LogP) is 0.00189. The van der Waals surface area contributed by atoms with E-state index in [1.54, 1.807) is 0 Å². The van der Waals surface area contributed by atoms with Crippen molar-refractivity contribution in [2.45, 2.75) is 6.92 Å². The van der Waals surface area contributed by atoms with E-state index in [0.717, 1.165) is 6.54 Å². The van der Waals surface area contributed by atoms with E-state index in [2.05, 4.69) is 21.4 Å². The van der Waals surface area contributed by atoms with E-state index in [4.69, 9.17) is 0 Å². The highest BCUT2D eigenvalue weighted by Gasteiger charge is 1.89. The summed E-state index contributed by atoms with van der Waals surface area (Å²) >= 11 is 0. The third kappa shape index (κ3) is 1.58. The van der Waals surface area contributed by atoms with Gasteiger partial charge in [-0.25, -0.2) is 4.79 Å². The van der Waals surface area contributed by atoms with E-state index in [9.17, 15) is 4.79 Å². The summed E-state index contributed by atoms with van der Waals surface area (Å²) in [5.41, 5.74) is -0.352. The summed E-state index contributed by atoms with van der Waals surface area (Å²) in [6, 6.07) is 2.73. The summed E-state index contributed by atoms with van der Waals surface area (Å²) < 4.78 is 0. The molecule has 1 radical (unpaired) electrons. The summed E-state index contributed by atoms with van der Waals surface area (Å²) in [5.74, 6) is 0.492. The molecule has 4 nitrogen and oxygen atoms in total. The second kappa shape index (κ2) is 3.00. The SMILES string of the molecule is CCNc1[c]c[nH]c(=O)n1. The highest BCUT2D eigenvalue weighted by atomic mass is 16.1. The Hall–Kier alpha value is -1.32. The van der Waals surface area contributed by atoms with Crippen molar-refractivity contribution in [3.63, 3.8) is 0 Å². The lowest BCUT2D eigenvalue weighted by atomic mass is 10.6. The van der Waals surface area contributed by atoms with Gasteiger partial charge >= 0.3 is 5.69 Å². The molecule has 0 amide bonds. The van der Waals surface area contributed by atoms with Gasteiger partial charge in [-0.2, -0.15) is 4.98 Å². The van der Waals surface area contributed by atoms with Crippen LogP contribution < -0.4 is 11.0 Å². The molecular weight excluding hydrogens is 130 g/mol. The van der Waals surface area contributed by atoms with E-state index in [1.807, 2.05) is 6.92 Å². The van der Waals surface area contributed by atoms with Crippen molar-refractivity contribution in [3.05, 3.63) is 22.7 Å². The Labute approximate surface area is 58.3 Å². The van der Waals surface area contributed by atoms with Crippen molar-refractivity contribution in [2.24, 2.45) is 0 Å². The number of aromatic nitrogens is 2. The van der Waals surface area contributed by atoms with Gasteiger partial charge in [0.15, 0.2) is 0 Å². The number of hydrogen-bond acceptors (Lipinski definition) is 3. The molecule has 0 aliphatic carbocycles. The van der Waals surface area contributed by atoms with E-state index in [1.165, 1.54) is 6.20 Å². The van der Waals surface area contributed by atoms with Crippen molar-refractivity contribution >= 4 is 5.82 Å². The number of nitrogens with zero attached hydrogens (tertiary/aromatic N) is 1. The topological polar surface area (TPSA) is 57.8 Å². The molecule has 0 spiro atoms. The van der Waals surface area contributed by atoms with E-state index >= 15 is 0 Å². The average molecular weight is 138 g/mol. The van der Waals surface area contributed by atoms with Crippen LogP contribution in [0.1, 0.15) is 6.92 Å². The first kappa shape index (κ1) is 6.80. The first-order valence-corrected chi connectivity index (χ1v) is 3.04. The van der Waals surface area contributed by atoms with Gasteiger partial charge in [0.1, 0.15) is 5.82 Å². The lowest BCUT2D eigenvalue weighted by molar-refractivity contribution is 1.05. The first-order chi connectivity index (χ1) is 4.83. The molecule has 0 atom stereocenters. The van der Waals surface area contributed by atoms with Gasteiger partial charge in [0.05, 0.1) is 0 Å². The molecular formula is C6H8N3O. The number of anilines is 1. The molecule has 1 heterocycles. The maximum absolute atomic E-state index is 10.5. The molecule has 4 heteroatoms. The Bertz CT molecular complexity index is 255. The number of aromatic amines is 1. The Morgan fingerprint density at radius 1 is 1.90 bits per heavy atom. The highest BCUT2D eigenvalue weighted by Crippen LogP contribution is 1.91. The van der Waals surface area contributed by atoms with Crippen LogP contribution in [0.5, 0.6) is 0 Å². The summed E-state index contributed by atoms with van der Waals surface area (Å²) in [4.78, 5) is 16.5. The van der Waals surface area contributed by atoms with E-state index < -0.39 is 0 Å². The largest absolute Gasteiger partial charge is 0.370 e. The van der Waals surface area contributed by atoms with Crippen LogP contribution in [-0.2, 0) is 0 Å². The molecule has 53 valence electrons. The molecule has 0 unspecified atom stereocenters. The Morgan fingerprint density at radius 2 is 2.70 bits per heavy atom. The number of H-pyrrole nitrogens is 1. The maximum Gasteiger partial charge on any atom is 0.346 e. The number of nitrogens with one attached hydrogen (secondary N) is 2. The third-order valence-corrected chi connectivity index (χ3v) is 0.962. The van der Waals surface area contributed by atoms with Crippen molar-refractivity contribution in [1.29, 1.82) is 0 Å². The van der Waals surface area contributed by atoms with Crippen molar-refractivity contribution in [3.8, 4) is 0 Å². The lowest BCUT2D eigenvalue weighted by Gasteiger charge is -1.96. The van der Waals surface area contributed by atoms with Crippen LogP contribution in [0.25, 0.3) is 0 Å². The summed E-state index contributed by atoms with van der Waals surface area (Å²) in [7, 11) is 0. The zero-order chi connectivity index (χ0) is 7.40. The normalized spacial score (nSPS) is 9.30. The van der Waals surface area contributed by atoms with E-state index in [0.29, 0.717) is 5.82 Å². The molecule has 1 aromatic rings. The standard InChI is InChI=1S/C6H8N3O/c1-2-7-5-3-4-8-6(10)9-5/h4H,2H2,1H3,(H2,7,8,9,10). The fourth-order valence-corrected chi connectivity index (χ4v) is 0.590. The Balaban J connectivity index is 2.85. The number of hydrogen-bond donors (Lipinski definition) is 2. The van der Waals surface area contributed by atoms with Crippen LogP contribution >= 0.6 is 0 Å². The van der Waals surface area contributed by atoms with Gasteiger partial charge in [0, 0.05) is 18.8 Å². The summed E-state index contributed by atoms with van der Waals surface area (Å²) in [6.07, 6.45) is 1.44. The fraction of sp³-hybridized carbons (Fsp3) is 0.333. The molecule has 1 aromatic heterocycles. The average Bonchev–Trinajstić information content (AvgIpc) is 1.88. The summed E-state index contributed by atoms with van der Waals surface area (Å²) in [5, 5.41) is 2.86. The Kier molecular flexibility index (Phi) is 2.04. The van der Waals surface area contributed by atoms with Gasteiger partial charge in [-0.3, -0.25) is 0 Å². The van der Waals surface area contributed by atoms with Gasteiger partial charge in [-0.1, -0.05) is 0 Å². The molecule has 0 aliphatic rings. The van der Waals surface area contributed by atoms with Crippen LogP contribution in [0.4, 0.5) is 5.82 Å². The minimum absolute atomic E-state index is 0.352. The van der Waals surface area contributed by atoms with Crippen LogP contribution in [0.3, 0.4) is 0 Å². The quantitative estimate of drug-likeness (QED) is 0.604. The molecule has 2 N–H and O–H groups in total. The first-order valence-electron chi connectivity index (χ1n) is 3.04. The highest BCUT2D eigenvalue weighted by molar-refractivity contribution is 5.29. The molecule has 0 aliphatic heterocycles. The molecule has 0 aromatic carbocycles. The molecule has 10 heavy (non-hydrogen) atoms. The van der Waals surface area contributed by atoms with Crippen LogP contribution in [0.15, 0.2) is 11.0 Å². The van der Waals surface area contributed by atoms with Crippen molar-refractivity contribution < 1.29 is 0 Å². The van der Waals surface area contributed by atoms with Gasteiger partial charge in [-0.05, 0) is 6.92 Å².